The van der Waals surface area contributed by atoms with Gasteiger partial charge in [0.1, 0.15) is 0 Å². The first-order valence-electron chi connectivity index (χ1n) is 7.99. The van der Waals surface area contributed by atoms with E-state index in [0.717, 1.165) is 17.6 Å². The van der Waals surface area contributed by atoms with Crippen molar-refractivity contribution >= 4 is 22.9 Å². The number of carbonyl (C=O) groups is 1. The van der Waals surface area contributed by atoms with Crippen molar-refractivity contribution < 1.29 is 4.79 Å². The lowest BCUT2D eigenvalue weighted by Crippen LogP contribution is -2.17. The molecule has 0 radical (unpaired) electrons. The maximum atomic E-state index is 12.4. The van der Waals surface area contributed by atoms with Crippen LogP contribution < -0.4 is 5.32 Å². The van der Waals surface area contributed by atoms with Gasteiger partial charge in [0.15, 0.2) is 0 Å². The van der Waals surface area contributed by atoms with Crippen LogP contribution in [-0.4, -0.2) is 15.5 Å². The highest BCUT2D eigenvalue weighted by Crippen LogP contribution is 2.22. The molecule has 4 nitrogen and oxygen atoms in total. The number of aryl methyl sites for hydroxylation is 1. The molecule has 1 aromatic heterocycles. The Hall–Kier alpha value is -2.62. The van der Waals surface area contributed by atoms with Crippen molar-refractivity contribution in [2.45, 2.75) is 32.7 Å². The first-order valence-corrected chi connectivity index (χ1v) is 7.99. The SMILES string of the molecule is CCn1c(NC(=O)CC(C)c2ccccc2)nc2ccccc21. The number of benzene rings is 2. The van der Waals surface area contributed by atoms with Crippen molar-refractivity contribution in [2.24, 2.45) is 0 Å². The zero-order valence-electron chi connectivity index (χ0n) is 13.5. The molecule has 0 bridgehead atoms. The van der Waals surface area contributed by atoms with Crippen molar-refractivity contribution in [1.82, 2.24) is 9.55 Å². The normalized spacial score (nSPS) is 12.3. The predicted octanol–water partition coefficient (Wildman–Crippen LogP) is 4.19. The second-order valence-electron chi connectivity index (χ2n) is 5.73. The number of nitrogens with one attached hydrogen (secondary N) is 1. The maximum absolute atomic E-state index is 12.4. The van der Waals surface area contributed by atoms with Crippen LogP contribution in [0.4, 0.5) is 5.95 Å². The number of para-hydroxylation sites is 2. The van der Waals surface area contributed by atoms with Crippen LogP contribution in [0.25, 0.3) is 11.0 Å². The van der Waals surface area contributed by atoms with Gasteiger partial charge >= 0.3 is 0 Å². The van der Waals surface area contributed by atoms with Crippen LogP contribution in [0.2, 0.25) is 0 Å². The van der Waals surface area contributed by atoms with E-state index in [2.05, 4.69) is 36.3 Å². The number of hydrogen-bond acceptors (Lipinski definition) is 2. The third kappa shape index (κ3) is 3.26. The van der Waals surface area contributed by atoms with Gasteiger partial charge in [0, 0.05) is 13.0 Å². The summed E-state index contributed by atoms with van der Waals surface area (Å²) in [5.74, 6) is 0.793. The minimum atomic E-state index is -0.00800. The van der Waals surface area contributed by atoms with Gasteiger partial charge < -0.3 is 4.57 Å². The van der Waals surface area contributed by atoms with Crippen molar-refractivity contribution in [3.05, 3.63) is 60.2 Å². The monoisotopic (exact) mass is 307 g/mol. The largest absolute Gasteiger partial charge is 0.310 e. The quantitative estimate of drug-likeness (QED) is 0.768. The number of imidazole rings is 1. The fraction of sp³-hybridized carbons (Fsp3) is 0.263. The van der Waals surface area contributed by atoms with E-state index in [1.807, 2.05) is 47.0 Å². The van der Waals surface area contributed by atoms with Crippen molar-refractivity contribution in [3.63, 3.8) is 0 Å². The van der Waals surface area contributed by atoms with E-state index in [1.54, 1.807) is 0 Å². The van der Waals surface area contributed by atoms with Gasteiger partial charge in [0.2, 0.25) is 11.9 Å². The second-order valence-corrected chi connectivity index (χ2v) is 5.73. The lowest BCUT2D eigenvalue weighted by atomic mass is 9.98. The fourth-order valence-corrected chi connectivity index (χ4v) is 2.84. The molecule has 3 rings (SSSR count). The third-order valence-electron chi connectivity index (χ3n) is 4.08. The Balaban J connectivity index is 1.75. The van der Waals surface area contributed by atoms with Crippen LogP contribution in [0.15, 0.2) is 54.6 Å². The molecule has 0 saturated carbocycles. The Morgan fingerprint density at radius 3 is 2.57 bits per heavy atom. The number of fused-ring (bicyclic) bond motifs is 1. The van der Waals surface area contributed by atoms with Gasteiger partial charge in [-0.05, 0) is 30.5 Å². The molecule has 0 fully saturated rings. The standard InChI is InChI=1S/C19H21N3O/c1-3-22-17-12-8-7-11-16(17)20-19(22)21-18(23)13-14(2)15-9-5-4-6-10-15/h4-12,14H,3,13H2,1-2H3,(H,20,21,23). The summed E-state index contributed by atoms with van der Waals surface area (Å²) in [6, 6.07) is 18.0. The van der Waals surface area contributed by atoms with Gasteiger partial charge in [0.05, 0.1) is 11.0 Å². The van der Waals surface area contributed by atoms with E-state index in [4.69, 9.17) is 0 Å². The zero-order chi connectivity index (χ0) is 16.2. The van der Waals surface area contributed by atoms with Gasteiger partial charge in [-0.15, -0.1) is 0 Å². The van der Waals surface area contributed by atoms with Crippen LogP contribution in [0, 0.1) is 0 Å². The number of anilines is 1. The Morgan fingerprint density at radius 2 is 1.83 bits per heavy atom. The average molecular weight is 307 g/mol. The van der Waals surface area contributed by atoms with E-state index in [9.17, 15) is 4.79 Å². The van der Waals surface area contributed by atoms with Crippen molar-refractivity contribution in [3.8, 4) is 0 Å². The third-order valence-corrected chi connectivity index (χ3v) is 4.08. The summed E-state index contributed by atoms with van der Waals surface area (Å²) in [5.41, 5.74) is 3.12. The highest BCUT2D eigenvalue weighted by Gasteiger charge is 2.15. The molecule has 2 aromatic carbocycles. The number of aromatic nitrogens is 2. The fourth-order valence-electron chi connectivity index (χ4n) is 2.84. The summed E-state index contributed by atoms with van der Waals surface area (Å²) in [5, 5.41) is 2.96. The van der Waals surface area contributed by atoms with Crippen LogP contribution in [-0.2, 0) is 11.3 Å². The molecule has 3 aromatic rings. The van der Waals surface area contributed by atoms with E-state index in [-0.39, 0.29) is 11.8 Å². The van der Waals surface area contributed by atoms with Crippen LogP contribution in [0.1, 0.15) is 31.7 Å². The molecule has 1 N–H and O–H groups in total. The first-order chi connectivity index (χ1) is 11.2. The molecule has 0 aliphatic carbocycles. The average Bonchev–Trinajstić information content (AvgIpc) is 2.92. The molecule has 1 amide bonds. The van der Waals surface area contributed by atoms with Crippen molar-refractivity contribution in [1.29, 1.82) is 0 Å². The molecular formula is C19H21N3O. The van der Waals surface area contributed by atoms with Crippen molar-refractivity contribution in [2.75, 3.05) is 5.32 Å². The molecule has 23 heavy (non-hydrogen) atoms. The Labute approximate surface area is 136 Å². The Kier molecular flexibility index (Phi) is 4.42. The minimum absolute atomic E-state index is 0.00800. The molecule has 118 valence electrons. The second kappa shape index (κ2) is 6.65. The lowest BCUT2D eigenvalue weighted by molar-refractivity contribution is -0.116. The number of hydrogen-bond donors (Lipinski definition) is 1. The smallest absolute Gasteiger partial charge is 0.227 e. The topological polar surface area (TPSA) is 46.9 Å². The summed E-state index contributed by atoms with van der Waals surface area (Å²) in [4.78, 5) is 16.9. The zero-order valence-corrected chi connectivity index (χ0v) is 13.5. The summed E-state index contributed by atoms with van der Waals surface area (Å²) < 4.78 is 2.03. The highest BCUT2D eigenvalue weighted by atomic mass is 16.1. The summed E-state index contributed by atoms with van der Waals surface area (Å²) in [6.45, 7) is 4.89. The van der Waals surface area contributed by atoms with Crippen LogP contribution >= 0.6 is 0 Å². The molecule has 1 atom stereocenters. The Bertz CT molecular complexity index is 808. The summed E-state index contributed by atoms with van der Waals surface area (Å²) >= 11 is 0. The van der Waals surface area contributed by atoms with E-state index in [1.165, 1.54) is 5.56 Å². The van der Waals surface area contributed by atoms with Gasteiger partial charge in [-0.25, -0.2) is 4.98 Å². The van der Waals surface area contributed by atoms with Gasteiger partial charge in [-0.1, -0.05) is 49.4 Å². The van der Waals surface area contributed by atoms with E-state index in [0.29, 0.717) is 12.4 Å². The number of amides is 1. The number of rotatable bonds is 5. The van der Waals surface area contributed by atoms with Gasteiger partial charge in [-0.3, -0.25) is 10.1 Å². The van der Waals surface area contributed by atoms with Gasteiger partial charge in [-0.2, -0.15) is 0 Å². The minimum Gasteiger partial charge on any atom is -0.310 e. The molecule has 0 aliphatic rings. The van der Waals surface area contributed by atoms with E-state index >= 15 is 0 Å². The molecule has 0 aliphatic heterocycles. The van der Waals surface area contributed by atoms with E-state index < -0.39 is 0 Å². The number of nitrogens with zero attached hydrogens (tertiary/aromatic N) is 2. The lowest BCUT2D eigenvalue weighted by Gasteiger charge is -2.12. The van der Waals surface area contributed by atoms with Crippen LogP contribution in [0.3, 0.4) is 0 Å². The summed E-state index contributed by atoms with van der Waals surface area (Å²) in [7, 11) is 0. The highest BCUT2D eigenvalue weighted by molar-refractivity contribution is 5.92. The summed E-state index contributed by atoms with van der Waals surface area (Å²) in [6.07, 6.45) is 0.441. The molecule has 1 heterocycles. The predicted molar refractivity (Wildman–Crippen MR) is 93.5 cm³/mol. The molecular weight excluding hydrogens is 286 g/mol. The maximum Gasteiger partial charge on any atom is 0.227 e. The molecule has 0 spiro atoms. The van der Waals surface area contributed by atoms with Gasteiger partial charge in [0.25, 0.3) is 0 Å². The van der Waals surface area contributed by atoms with Crippen LogP contribution in [0.5, 0.6) is 0 Å². The first kappa shape index (κ1) is 15.3. The molecule has 4 heteroatoms. The molecule has 0 saturated heterocycles. The molecule has 1 unspecified atom stereocenters. The number of carbonyl (C=O) groups excluding carboxylic acids is 1. The Morgan fingerprint density at radius 1 is 1.13 bits per heavy atom.